The molecule has 2 rings (SSSR count). The second-order valence-electron chi connectivity index (χ2n) is 5.03. The topological polar surface area (TPSA) is 58.7 Å². The van der Waals surface area contributed by atoms with Crippen LogP contribution in [0, 0.1) is 12.3 Å². The minimum Gasteiger partial charge on any atom is -0.350 e. The van der Waals surface area contributed by atoms with E-state index < -0.39 is 6.03 Å². The summed E-state index contributed by atoms with van der Waals surface area (Å²) in [6, 6.07) is 7.50. The highest BCUT2D eigenvalue weighted by Gasteiger charge is 2.28. The molecule has 4 heteroatoms. The molecule has 2 amide bonds. The van der Waals surface area contributed by atoms with Crippen molar-refractivity contribution >= 4 is 11.7 Å². The van der Waals surface area contributed by atoms with Gasteiger partial charge < -0.3 is 5.73 Å². The largest absolute Gasteiger partial charge is 0.350 e. The van der Waals surface area contributed by atoms with Crippen molar-refractivity contribution in [1.82, 2.24) is 5.01 Å². The fraction of sp³-hybridized carbons (Fsp3) is 0.286. The van der Waals surface area contributed by atoms with Gasteiger partial charge in [0.25, 0.3) is 0 Å². The lowest BCUT2D eigenvalue weighted by Crippen LogP contribution is -2.35. The zero-order valence-electron chi connectivity index (χ0n) is 10.8. The Morgan fingerprint density at radius 1 is 1.28 bits per heavy atom. The molecule has 1 aliphatic heterocycles. The van der Waals surface area contributed by atoms with E-state index in [4.69, 9.17) is 5.73 Å². The van der Waals surface area contributed by atoms with Crippen molar-refractivity contribution in [3.05, 3.63) is 47.7 Å². The predicted molar refractivity (Wildman–Crippen MR) is 72.1 cm³/mol. The first-order valence-corrected chi connectivity index (χ1v) is 5.84. The van der Waals surface area contributed by atoms with Crippen molar-refractivity contribution < 1.29 is 4.79 Å². The Balaban J connectivity index is 2.45. The van der Waals surface area contributed by atoms with Gasteiger partial charge in [0.15, 0.2) is 0 Å². The number of nitrogens with zero attached hydrogens (tertiary/aromatic N) is 2. The van der Waals surface area contributed by atoms with Crippen LogP contribution in [0.25, 0.3) is 0 Å². The lowest BCUT2D eigenvalue weighted by Gasteiger charge is -2.29. The molecule has 0 radical (unpaired) electrons. The van der Waals surface area contributed by atoms with Crippen molar-refractivity contribution in [3.8, 4) is 0 Å². The maximum Gasteiger partial charge on any atom is 0.339 e. The van der Waals surface area contributed by atoms with E-state index >= 15 is 0 Å². The monoisotopic (exact) mass is 243 g/mol. The summed E-state index contributed by atoms with van der Waals surface area (Å²) >= 11 is 0. The van der Waals surface area contributed by atoms with E-state index in [1.54, 1.807) is 6.20 Å². The highest BCUT2D eigenvalue weighted by atomic mass is 16.2. The van der Waals surface area contributed by atoms with Crippen molar-refractivity contribution in [2.45, 2.75) is 20.8 Å². The van der Waals surface area contributed by atoms with E-state index in [9.17, 15) is 4.79 Å². The summed E-state index contributed by atoms with van der Waals surface area (Å²) in [5, 5.41) is 5.49. The van der Waals surface area contributed by atoms with E-state index in [1.165, 1.54) is 10.6 Å². The van der Waals surface area contributed by atoms with Crippen LogP contribution in [0.4, 0.5) is 4.79 Å². The van der Waals surface area contributed by atoms with Crippen LogP contribution >= 0.6 is 0 Å². The van der Waals surface area contributed by atoms with Crippen LogP contribution in [0.5, 0.6) is 0 Å². The molecule has 94 valence electrons. The van der Waals surface area contributed by atoms with Crippen LogP contribution in [-0.2, 0) is 0 Å². The van der Waals surface area contributed by atoms with Gasteiger partial charge in [-0.05, 0) is 12.5 Å². The molecule has 0 aromatic heterocycles. The number of amides is 2. The van der Waals surface area contributed by atoms with Gasteiger partial charge in [0, 0.05) is 11.6 Å². The lowest BCUT2D eigenvalue weighted by atomic mass is 9.82. The number of urea groups is 1. The summed E-state index contributed by atoms with van der Waals surface area (Å²) in [5.74, 6) is 0. The van der Waals surface area contributed by atoms with E-state index in [1.807, 2.05) is 37.3 Å². The highest BCUT2D eigenvalue weighted by molar-refractivity contribution is 6.06. The zero-order chi connectivity index (χ0) is 13.3. The van der Waals surface area contributed by atoms with Crippen molar-refractivity contribution in [1.29, 1.82) is 0 Å². The third-order valence-corrected chi connectivity index (χ3v) is 3.00. The molecule has 0 saturated carbocycles. The second kappa shape index (κ2) is 4.29. The van der Waals surface area contributed by atoms with Crippen LogP contribution in [0.1, 0.15) is 25.0 Å². The number of aryl methyl sites for hydroxylation is 1. The smallest absolute Gasteiger partial charge is 0.339 e. The molecule has 1 aromatic rings. The van der Waals surface area contributed by atoms with E-state index in [0.717, 1.165) is 11.3 Å². The number of hydrazone groups is 1. The Hall–Kier alpha value is -2.10. The fourth-order valence-electron chi connectivity index (χ4n) is 1.87. The first-order chi connectivity index (χ1) is 8.40. The van der Waals surface area contributed by atoms with Gasteiger partial charge in [0.05, 0.1) is 5.71 Å². The minimum absolute atomic E-state index is 0.221. The molecule has 0 bridgehead atoms. The van der Waals surface area contributed by atoms with E-state index in [0.29, 0.717) is 0 Å². The quantitative estimate of drug-likeness (QED) is 0.809. The SMILES string of the molecule is Cc1ccc(C2=NN(C(N)=O)C=CC2(C)C)cc1. The Morgan fingerprint density at radius 3 is 2.44 bits per heavy atom. The second-order valence-corrected chi connectivity index (χ2v) is 5.03. The molecule has 0 atom stereocenters. The van der Waals surface area contributed by atoms with Gasteiger partial charge in [0.1, 0.15) is 0 Å². The summed E-state index contributed by atoms with van der Waals surface area (Å²) < 4.78 is 0. The first-order valence-electron chi connectivity index (χ1n) is 5.84. The van der Waals surface area contributed by atoms with Gasteiger partial charge >= 0.3 is 6.03 Å². The summed E-state index contributed by atoms with van der Waals surface area (Å²) in [7, 11) is 0. The van der Waals surface area contributed by atoms with Gasteiger partial charge in [0.2, 0.25) is 0 Å². The maximum atomic E-state index is 11.2. The zero-order valence-corrected chi connectivity index (χ0v) is 10.8. The van der Waals surface area contributed by atoms with Crippen LogP contribution < -0.4 is 5.73 Å². The molecule has 1 heterocycles. The third kappa shape index (κ3) is 2.27. The normalized spacial score (nSPS) is 17.5. The van der Waals surface area contributed by atoms with Gasteiger partial charge in [-0.15, -0.1) is 0 Å². The van der Waals surface area contributed by atoms with Gasteiger partial charge in [-0.25, -0.2) is 4.79 Å². The van der Waals surface area contributed by atoms with Crippen molar-refractivity contribution in [2.24, 2.45) is 16.3 Å². The van der Waals surface area contributed by atoms with Crippen LogP contribution in [-0.4, -0.2) is 16.8 Å². The number of carbonyl (C=O) groups is 1. The molecular weight excluding hydrogens is 226 g/mol. The number of primary amides is 1. The summed E-state index contributed by atoms with van der Waals surface area (Å²) in [6.07, 6.45) is 3.54. The molecule has 0 fully saturated rings. The van der Waals surface area contributed by atoms with Crippen LogP contribution in [0.3, 0.4) is 0 Å². The number of rotatable bonds is 1. The Kier molecular flexibility index (Phi) is 2.95. The average Bonchev–Trinajstić information content (AvgIpc) is 2.30. The minimum atomic E-state index is -0.577. The summed E-state index contributed by atoms with van der Waals surface area (Å²) in [6.45, 7) is 6.15. The average molecular weight is 243 g/mol. The molecule has 1 aromatic carbocycles. The van der Waals surface area contributed by atoms with Gasteiger partial charge in [-0.1, -0.05) is 49.8 Å². The molecule has 1 aliphatic rings. The number of carbonyl (C=O) groups excluding carboxylic acids is 1. The number of nitrogens with two attached hydrogens (primary N) is 1. The van der Waals surface area contributed by atoms with E-state index in [-0.39, 0.29) is 5.41 Å². The lowest BCUT2D eigenvalue weighted by molar-refractivity contribution is 0.224. The third-order valence-electron chi connectivity index (χ3n) is 3.00. The molecule has 2 N–H and O–H groups in total. The molecular formula is C14H17N3O. The predicted octanol–water partition coefficient (Wildman–Crippen LogP) is 2.63. The van der Waals surface area contributed by atoms with Gasteiger partial charge in [-0.3, -0.25) is 0 Å². The van der Waals surface area contributed by atoms with Crippen LogP contribution in [0.2, 0.25) is 0 Å². The molecule has 0 spiro atoms. The van der Waals surface area contributed by atoms with E-state index in [2.05, 4.69) is 18.9 Å². The first kappa shape index (κ1) is 12.4. The maximum absolute atomic E-state index is 11.2. The summed E-state index contributed by atoms with van der Waals surface area (Å²) in [5.41, 5.74) is 8.06. The number of hydrogen-bond acceptors (Lipinski definition) is 2. The Labute approximate surface area is 107 Å². The molecule has 4 nitrogen and oxygen atoms in total. The standard InChI is InChI=1S/C14H17N3O/c1-10-4-6-11(7-5-10)12-14(2,3)8-9-17(16-12)13(15)18/h4-9H,1-3H3,(H2,15,18). The molecule has 0 saturated heterocycles. The summed E-state index contributed by atoms with van der Waals surface area (Å²) in [4.78, 5) is 11.2. The number of hydrogen-bond donors (Lipinski definition) is 1. The highest BCUT2D eigenvalue weighted by Crippen LogP contribution is 2.28. The van der Waals surface area contributed by atoms with Crippen molar-refractivity contribution in [2.75, 3.05) is 0 Å². The number of benzene rings is 1. The Morgan fingerprint density at radius 2 is 1.89 bits per heavy atom. The number of allylic oxidation sites excluding steroid dienone is 1. The molecule has 0 unspecified atom stereocenters. The molecule has 0 aliphatic carbocycles. The van der Waals surface area contributed by atoms with Crippen LogP contribution in [0.15, 0.2) is 41.6 Å². The molecule has 18 heavy (non-hydrogen) atoms. The Bertz CT molecular complexity index is 526. The van der Waals surface area contributed by atoms with Gasteiger partial charge in [-0.2, -0.15) is 10.1 Å². The van der Waals surface area contributed by atoms with Crippen molar-refractivity contribution in [3.63, 3.8) is 0 Å². The fourth-order valence-corrected chi connectivity index (χ4v) is 1.87.